The average Bonchev–Trinajstić information content (AvgIpc) is 2.50. The van der Waals surface area contributed by atoms with Gasteiger partial charge < -0.3 is 15.1 Å². The first-order chi connectivity index (χ1) is 10.2. The summed E-state index contributed by atoms with van der Waals surface area (Å²) in [4.78, 5) is 9.14. The van der Waals surface area contributed by atoms with Gasteiger partial charge in [-0.15, -0.1) is 0 Å². The van der Waals surface area contributed by atoms with Gasteiger partial charge in [0.25, 0.3) is 0 Å². The molecule has 0 radical (unpaired) electrons. The van der Waals surface area contributed by atoms with Crippen molar-refractivity contribution in [2.24, 2.45) is 5.92 Å². The van der Waals surface area contributed by atoms with Crippen LogP contribution in [0.15, 0.2) is 18.5 Å². The molecular weight excluding hydrogens is 260 g/mol. The number of nitrogens with zero attached hydrogens (tertiary/aromatic N) is 3. The van der Waals surface area contributed by atoms with Crippen LogP contribution in [-0.4, -0.2) is 50.2 Å². The van der Waals surface area contributed by atoms with Gasteiger partial charge in [0.2, 0.25) is 0 Å². The number of hydrogen-bond acceptors (Lipinski definition) is 4. The van der Waals surface area contributed by atoms with Crippen LogP contribution in [-0.2, 0) is 6.54 Å². The van der Waals surface area contributed by atoms with Crippen molar-refractivity contribution >= 4 is 5.69 Å². The molecule has 0 unspecified atom stereocenters. The molecule has 2 rings (SSSR count). The van der Waals surface area contributed by atoms with Crippen LogP contribution in [0, 0.1) is 5.92 Å². The number of anilines is 1. The predicted molar refractivity (Wildman–Crippen MR) is 89.7 cm³/mol. The van der Waals surface area contributed by atoms with Crippen LogP contribution >= 0.6 is 0 Å². The highest BCUT2D eigenvalue weighted by Crippen LogP contribution is 2.23. The molecule has 21 heavy (non-hydrogen) atoms. The third kappa shape index (κ3) is 4.97. The zero-order valence-electron chi connectivity index (χ0n) is 13.8. The van der Waals surface area contributed by atoms with Gasteiger partial charge in [-0.05, 0) is 57.9 Å². The van der Waals surface area contributed by atoms with Gasteiger partial charge in [0.1, 0.15) is 0 Å². The Morgan fingerprint density at radius 2 is 2.14 bits per heavy atom. The molecule has 0 saturated carbocycles. The summed E-state index contributed by atoms with van der Waals surface area (Å²) < 4.78 is 0. The number of rotatable bonds is 7. The van der Waals surface area contributed by atoms with Crippen molar-refractivity contribution < 1.29 is 0 Å². The topological polar surface area (TPSA) is 31.4 Å². The number of likely N-dealkylation sites (tertiary alicyclic amines) is 1. The SMILES string of the molecule is CCCNCc1cnccc1N(C)CC1CCN(C)CC1. The molecule has 1 N–H and O–H groups in total. The maximum absolute atomic E-state index is 4.29. The largest absolute Gasteiger partial charge is 0.374 e. The first-order valence-electron chi connectivity index (χ1n) is 8.24. The minimum atomic E-state index is 0.816. The normalized spacial score (nSPS) is 17.1. The molecule has 0 aliphatic carbocycles. The zero-order valence-corrected chi connectivity index (χ0v) is 13.8. The fraction of sp³-hybridized carbons (Fsp3) is 0.706. The van der Waals surface area contributed by atoms with E-state index < -0.39 is 0 Å². The van der Waals surface area contributed by atoms with Crippen LogP contribution in [0.3, 0.4) is 0 Å². The molecule has 1 aromatic heterocycles. The Morgan fingerprint density at radius 1 is 1.38 bits per heavy atom. The Labute approximate surface area is 129 Å². The lowest BCUT2D eigenvalue weighted by Crippen LogP contribution is -2.36. The quantitative estimate of drug-likeness (QED) is 0.781. The number of aromatic nitrogens is 1. The smallest absolute Gasteiger partial charge is 0.0440 e. The van der Waals surface area contributed by atoms with Crippen LogP contribution in [0.25, 0.3) is 0 Å². The molecule has 0 amide bonds. The van der Waals surface area contributed by atoms with Gasteiger partial charge in [-0.3, -0.25) is 4.98 Å². The van der Waals surface area contributed by atoms with Gasteiger partial charge in [-0.25, -0.2) is 0 Å². The molecule has 2 heterocycles. The lowest BCUT2D eigenvalue weighted by Gasteiger charge is -2.33. The molecule has 0 atom stereocenters. The lowest BCUT2D eigenvalue weighted by atomic mass is 9.96. The molecule has 4 nitrogen and oxygen atoms in total. The van der Waals surface area contributed by atoms with E-state index >= 15 is 0 Å². The Balaban J connectivity index is 1.93. The predicted octanol–water partition coefficient (Wildman–Crippen LogP) is 2.36. The van der Waals surface area contributed by atoms with E-state index in [1.54, 1.807) is 0 Å². The van der Waals surface area contributed by atoms with Crippen molar-refractivity contribution in [3.63, 3.8) is 0 Å². The van der Waals surface area contributed by atoms with E-state index in [1.165, 1.54) is 43.6 Å². The highest BCUT2D eigenvalue weighted by atomic mass is 15.1. The number of pyridine rings is 1. The molecule has 4 heteroatoms. The second kappa shape index (κ2) is 8.35. The first-order valence-corrected chi connectivity index (χ1v) is 8.24. The second-order valence-electron chi connectivity index (χ2n) is 6.31. The summed E-state index contributed by atoms with van der Waals surface area (Å²) in [7, 11) is 4.44. The lowest BCUT2D eigenvalue weighted by molar-refractivity contribution is 0.222. The van der Waals surface area contributed by atoms with Crippen molar-refractivity contribution in [2.45, 2.75) is 32.7 Å². The summed E-state index contributed by atoms with van der Waals surface area (Å²) in [5.74, 6) is 0.816. The Kier molecular flexibility index (Phi) is 6.46. The molecule has 1 saturated heterocycles. The summed E-state index contributed by atoms with van der Waals surface area (Å²) in [5.41, 5.74) is 2.63. The number of hydrogen-bond donors (Lipinski definition) is 1. The van der Waals surface area contributed by atoms with Crippen molar-refractivity contribution in [3.8, 4) is 0 Å². The van der Waals surface area contributed by atoms with Crippen LogP contribution in [0.4, 0.5) is 5.69 Å². The van der Waals surface area contributed by atoms with Crippen LogP contribution in [0.2, 0.25) is 0 Å². The maximum atomic E-state index is 4.29. The van der Waals surface area contributed by atoms with Gasteiger partial charge in [0.05, 0.1) is 0 Å². The van der Waals surface area contributed by atoms with E-state index in [9.17, 15) is 0 Å². The Bertz CT molecular complexity index is 413. The molecule has 0 bridgehead atoms. The first kappa shape index (κ1) is 16.2. The maximum Gasteiger partial charge on any atom is 0.0440 e. The number of nitrogens with one attached hydrogen (secondary N) is 1. The highest BCUT2D eigenvalue weighted by molar-refractivity contribution is 5.51. The molecule has 1 fully saturated rings. The van der Waals surface area contributed by atoms with Crippen molar-refractivity contribution in [3.05, 3.63) is 24.0 Å². The number of piperidine rings is 1. The molecule has 1 aromatic rings. The van der Waals surface area contributed by atoms with Crippen LogP contribution < -0.4 is 10.2 Å². The summed E-state index contributed by atoms with van der Waals surface area (Å²) in [6, 6.07) is 2.15. The molecule has 118 valence electrons. The third-order valence-corrected chi connectivity index (χ3v) is 4.40. The minimum Gasteiger partial charge on any atom is -0.374 e. The Morgan fingerprint density at radius 3 is 2.86 bits per heavy atom. The molecule has 1 aliphatic rings. The van der Waals surface area contributed by atoms with Gasteiger partial charge in [0.15, 0.2) is 0 Å². The summed E-state index contributed by atoms with van der Waals surface area (Å²) in [6.07, 6.45) is 7.71. The van der Waals surface area contributed by atoms with E-state index in [0.717, 1.165) is 25.6 Å². The average molecular weight is 290 g/mol. The summed E-state index contributed by atoms with van der Waals surface area (Å²) >= 11 is 0. The van der Waals surface area contributed by atoms with Gasteiger partial charge in [-0.1, -0.05) is 6.92 Å². The van der Waals surface area contributed by atoms with E-state index in [4.69, 9.17) is 0 Å². The van der Waals surface area contributed by atoms with Crippen LogP contribution in [0.1, 0.15) is 31.7 Å². The molecule has 1 aliphatic heterocycles. The molecule has 0 spiro atoms. The second-order valence-corrected chi connectivity index (χ2v) is 6.31. The monoisotopic (exact) mass is 290 g/mol. The van der Waals surface area contributed by atoms with Gasteiger partial charge in [-0.2, -0.15) is 0 Å². The van der Waals surface area contributed by atoms with Gasteiger partial charge in [0, 0.05) is 43.8 Å². The molecule has 0 aromatic carbocycles. The fourth-order valence-corrected chi connectivity index (χ4v) is 3.06. The summed E-state index contributed by atoms with van der Waals surface area (Å²) in [5, 5.41) is 3.48. The van der Waals surface area contributed by atoms with E-state index in [-0.39, 0.29) is 0 Å². The standard InChI is InChI=1S/C17H30N4/c1-4-8-18-12-16-13-19-9-5-17(16)21(3)14-15-6-10-20(2)11-7-15/h5,9,13,15,18H,4,6-8,10-12,14H2,1-3H3. The highest BCUT2D eigenvalue weighted by Gasteiger charge is 2.19. The zero-order chi connectivity index (χ0) is 15.1. The van der Waals surface area contributed by atoms with Crippen LogP contribution in [0.5, 0.6) is 0 Å². The van der Waals surface area contributed by atoms with Crippen molar-refractivity contribution in [2.75, 3.05) is 45.2 Å². The van der Waals surface area contributed by atoms with Crippen molar-refractivity contribution in [1.29, 1.82) is 0 Å². The minimum absolute atomic E-state index is 0.816. The van der Waals surface area contributed by atoms with E-state index in [2.05, 4.69) is 47.2 Å². The van der Waals surface area contributed by atoms with E-state index in [0.29, 0.717) is 0 Å². The van der Waals surface area contributed by atoms with Gasteiger partial charge >= 0.3 is 0 Å². The Hall–Kier alpha value is -1.13. The van der Waals surface area contributed by atoms with Crippen molar-refractivity contribution in [1.82, 2.24) is 15.2 Å². The fourth-order valence-electron chi connectivity index (χ4n) is 3.06. The van der Waals surface area contributed by atoms with E-state index in [1.807, 2.05) is 12.4 Å². The summed E-state index contributed by atoms with van der Waals surface area (Å²) in [6.45, 7) is 7.79. The third-order valence-electron chi connectivity index (χ3n) is 4.40. The molecular formula is C17H30N4.